The van der Waals surface area contributed by atoms with Crippen molar-refractivity contribution < 1.29 is 19.0 Å². The number of carboxylic acids is 1. The van der Waals surface area contributed by atoms with Gasteiger partial charge < -0.3 is 9.84 Å². The van der Waals surface area contributed by atoms with Crippen LogP contribution in [-0.2, 0) is 9.53 Å². The van der Waals surface area contributed by atoms with Gasteiger partial charge in [0.25, 0.3) is 0 Å². The van der Waals surface area contributed by atoms with Crippen molar-refractivity contribution in [2.75, 3.05) is 12.5 Å². The topological polar surface area (TPSA) is 46.5 Å². The second-order valence-corrected chi connectivity index (χ2v) is 3.21. The molecule has 3 nitrogen and oxygen atoms in total. The number of alkyl halides is 1. The van der Waals surface area contributed by atoms with Crippen molar-refractivity contribution in [3.8, 4) is 0 Å². The van der Waals surface area contributed by atoms with Crippen LogP contribution in [0.5, 0.6) is 0 Å². The van der Waals surface area contributed by atoms with Crippen LogP contribution in [0.2, 0.25) is 0 Å². The number of halogens is 2. The van der Waals surface area contributed by atoms with Crippen molar-refractivity contribution in [3.63, 3.8) is 0 Å². The molecule has 0 heterocycles. The molecule has 0 spiro atoms. The molecule has 0 saturated carbocycles. The maximum Gasteiger partial charge on any atom is 0.337 e. The number of carboxylic acid groups (broad SMARTS) is 1. The summed E-state index contributed by atoms with van der Waals surface area (Å²) in [6, 6.07) is 5.30. The molecule has 0 aromatic heterocycles. The zero-order valence-electron chi connectivity index (χ0n) is 7.82. The van der Waals surface area contributed by atoms with E-state index >= 15 is 0 Å². The van der Waals surface area contributed by atoms with E-state index < -0.39 is 17.9 Å². The molecule has 0 radical (unpaired) electrons. The first-order chi connectivity index (χ1) is 7.15. The highest BCUT2D eigenvalue weighted by Gasteiger charge is 2.20. The third kappa shape index (κ3) is 3.49. The number of hydrogen-bond donors (Lipinski definition) is 1. The summed E-state index contributed by atoms with van der Waals surface area (Å²) in [6.07, 6.45) is -1.17. The van der Waals surface area contributed by atoms with Crippen LogP contribution in [0.25, 0.3) is 0 Å². The Hall–Kier alpha value is -1.13. The molecule has 15 heavy (non-hydrogen) atoms. The van der Waals surface area contributed by atoms with E-state index in [1.807, 2.05) is 0 Å². The van der Waals surface area contributed by atoms with Crippen molar-refractivity contribution in [1.29, 1.82) is 0 Å². The molecular weight excluding hydrogens is 223 g/mol. The summed E-state index contributed by atoms with van der Waals surface area (Å²) in [7, 11) is 0. The predicted molar refractivity (Wildman–Crippen MR) is 53.4 cm³/mol. The Balaban J connectivity index is 2.84. The Morgan fingerprint density at radius 1 is 1.60 bits per heavy atom. The quantitative estimate of drug-likeness (QED) is 0.792. The standard InChI is InChI=1S/C10H10ClFO3/c11-4-5-15-9(10(13)14)7-2-1-3-8(12)6-7/h1-3,6,9H,4-5H2,(H,13,14). The number of benzene rings is 1. The van der Waals surface area contributed by atoms with Gasteiger partial charge in [0.05, 0.1) is 6.61 Å². The highest BCUT2D eigenvalue weighted by molar-refractivity contribution is 6.17. The van der Waals surface area contributed by atoms with Crippen LogP contribution < -0.4 is 0 Å². The second-order valence-electron chi connectivity index (χ2n) is 2.83. The van der Waals surface area contributed by atoms with Crippen molar-refractivity contribution in [2.45, 2.75) is 6.10 Å². The Kier molecular flexibility index (Phi) is 4.52. The molecule has 0 fully saturated rings. The van der Waals surface area contributed by atoms with Crippen LogP contribution in [0.4, 0.5) is 4.39 Å². The lowest BCUT2D eigenvalue weighted by atomic mass is 10.1. The Bertz CT molecular complexity index is 343. The molecule has 0 aliphatic rings. The van der Waals surface area contributed by atoms with Crippen LogP contribution in [0.1, 0.15) is 11.7 Å². The van der Waals surface area contributed by atoms with Crippen molar-refractivity contribution in [1.82, 2.24) is 0 Å². The monoisotopic (exact) mass is 232 g/mol. The molecule has 0 bridgehead atoms. The lowest BCUT2D eigenvalue weighted by molar-refractivity contribution is -0.150. The zero-order chi connectivity index (χ0) is 11.3. The van der Waals surface area contributed by atoms with Crippen LogP contribution in [0.3, 0.4) is 0 Å². The number of carbonyl (C=O) groups is 1. The first-order valence-corrected chi connectivity index (χ1v) is 4.84. The van der Waals surface area contributed by atoms with Crippen LogP contribution >= 0.6 is 11.6 Å². The van der Waals surface area contributed by atoms with Gasteiger partial charge in [-0.15, -0.1) is 11.6 Å². The number of hydrogen-bond acceptors (Lipinski definition) is 2. The molecule has 0 aliphatic carbocycles. The van der Waals surface area contributed by atoms with Crippen molar-refractivity contribution >= 4 is 17.6 Å². The number of aliphatic carboxylic acids is 1. The van der Waals surface area contributed by atoms with E-state index in [0.717, 1.165) is 6.07 Å². The minimum absolute atomic E-state index is 0.106. The third-order valence-corrected chi connectivity index (χ3v) is 1.89. The lowest BCUT2D eigenvalue weighted by Gasteiger charge is -2.12. The van der Waals surface area contributed by atoms with Gasteiger partial charge in [0.2, 0.25) is 0 Å². The number of rotatable bonds is 5. The molecule has 0 saturated heterocycles. The van der Waals surface area contributed by atoms with Gasteiger partial charge in [-0.25, -0.2) is 9.18 Å². The Morgan fingerprint density at radius 2 is 2.33 bits per heavy atom. The first kappa shape index (κ1) is 11.9. The average Bonchev–Trinajstić information content (AvgIpc) is 2.18. The minimum atomic E-state index is -1.17. The molecular formula is C10H10ClFO3. The zero-order valence-corrected chi connectivity index (χ0v) is 8.58. The van der Waals surface area contributed by atoms with E-state index in [1.165, 1.54) is 18.2 Å². The summed E-state index contributed by atoms with van der Waals surface area (Å²) in [5.41, 5.74) is 0.271. The van der Waals surface area contributed by atoms with Gasteiger partial charge in [0.15, 0.2) is 6.10 Å². The van der Waals surface area contributed by atoms with Crippen LogP contribution in [0, 0.1) is 5.82 Å². The van der Waals surface area contributed by atoms with E-state index in [9.17, 15) is 9.18 Å². The van der Waals surface area contributed by atoms with Crippen LogP contribution in [0.15, 0.2) is 24.3 Å². The molecule has 1 atom stereocenters. The smallest absolute Gasteiger partial charge is 0.337 e. The van der Waals surface area contributed by atoms with Crippen molar-refractivity contribution in [3.05, 3.63) is 35.6 Å². The fourth-order valence-corrected chi connectivity index (χ4v) is 1.23. The molecule has 82 valence electrons. The predicted octanol–water partition coefficient (Wildman–Crippen LogP) is 2.21. The van der Waals surface area contributed by atoms with E-state index in [4.69, 9.17) is 21.4 Å². The molecule has 1 rings (SSSR count). The molecule has 1 aromatic carbocycles. The van der Waals surface area contributed by atoms with Gasteiger partial charge in [-0.05, 0) is 17.7 Å². The molecule has 0 amide bonds. The van der Waals surface area contributed by atoms with Gasteiger partial charge in [-0.3, -0.25) is 0 Å². The normalized spacial score (nSPS) is 12.4. The third-order valence-electron chi connectivity index (χ3n) is 1.74. The summed E-state index contributed by atoms with van der Waals surface area (Å²) in [5, 5.41) is 8.85. The number of ether oxygens (including phenoxy) is 1. The largest absolute Gasteiger partial charge is 0.479 e. The lowest BCUT2D eigenvalue weighted by Crippen LogP contribution is -2.16. The maximum atomic E-state index is 12.8. The molecule has 0 aliphatic heterocycles. The minimum Gasteiger partial charge on any atom is -0.479 e. The summed E-state index contributed by atoms with van der Waals surface area (Å²) >= 11 is 5.38. The second kappa shape index (κ2) is 5.68. The van der Waals surface area contributed by atoms with Crippen LogP contribution in [-0.4, -0.2) is 23.6 Å². The average molecular weight is 233 g/mol. The van der Waals surface area contributed by atoms with Gasteiger partial charge in [-0.2, -0.15) is 0 Å². The molecule has 1 unspecified atom stereocenters. The summed E-state index contributed by atoms with van der Waals surface area (Å²) in [4.78, 5) is 10.8. The molecule has 5 heteroatoms. The Labute approximate surface area is 91.4 Å². The fraction of sp³-hybridized carbons (Fsp3) is 0.300. The summed E-state index contributed by atoms with van der Waals surface area (Å²) in [6.45, 7) is 0.106. The van der Waals surface area contributed by atoms with Gasteiger partial charge >= 0.3 is 5.97 Å². The highest BCUT2D eigenvalue weighted by Crippen LogP contribution is 2.18. The highest BCUT2D eigenvalue weighted by atomic mass is 35.5. The molecule has 1 N–H and O–H groups in total. The Morgan fingerprint density at radius 3 is 2.87 bits per heavy atom. The van der Waals surface area contributed by atoms with E-state index in [-0.39, 0.29) is 18.1 Å². The van der Waals surface area contributed by atoms with E-state index in [0.29, 0.717) is 0 Å². The van der Waals surface area contributed by atoms with Gasteiger partial charge in [0, 0.05) is 5.88 Å². The van der Waals surface area contributed by atoms with Gasteiger partial charge in [-0.1, -0.05) is 12.1 Å². The fourth-order valence-electron chi connectivity index (χ4n) is 1.14. The van der Waals surface area contributed by atoms with E-state index in [2.05, 4.69) is 0 Å². The van der Waals surface area contributed by atoms with Gasteiger partial charge in [0.1, 0.15) is 5.82 Å². The first-order valence-electron chi connectivity index (χ1n) is 4.31. The summed E-state index contributed by atoms with van der Waals surface area (Å²) in [5.74, 6) is -1.46. The van der Waals surface area contributed by atoms with Crippen molar-refractivity contribution in [2.24, 2.45) is 0 Å². The summed E-state index contributed by atoms with van der Waals surface area (Å²) < 4.78 is 17.8. The maximum absolute atomic E-state index is 12.8. The molecule has 1 aromatic rings. The SMILES string of the molecule is O=C(O)C(OCCCl)c1cccc(F)c1. The van der Waals surface area contributed by atoms with E-state index in [1.54, 1.807) is 0 Å².